The second kappa shape index (κ2) is 8.13. The number of aryl methyl sites for hydroxylation is 1. The molecule has 0 radical (unpaired) electrons. The molecule has 0 saturated carbocycles. The molecule has 0 bridgehead atoms. The molecule has 2 aliphatic rings. The first-order valence-corrected chi connectivity index (χ1v) is 10.2. The fraction of sp³-hybridized carbons (Fsp3) is 0.435. The highest BCUT2D eigenvalue weighted by molar-refractivity contribution is 5.92. The number of pyridine rings is 1. The maximum Gasteiger partial charge on any atom is 0.272 e. The SMILES string of the molecule is CN(C(=O)C1CCN(C(=O)c2ccccn2)CC1)[C@@H]1CCCc2ccccc21. The van der Waals surface area contributed by atoms with Gasteiger partial charge < -0.3 is 9.80 Å². The van der Waals surface area contributed by atoms with Gasteiger partial charge in [0, 0.05) is 32.3 Å². The lowest BCUT2D eigenvalue weighted by atomic mass is 9.86. The van der Waals surface area contributed by atoms with Crippen LogP contribution in [0.2, 0.25) is 0 Å². The molecule has 2 heterocycles. The van der Waals surface area contributed by atoms with Crippen molar-refractivity contribution in [2.75, 3.05) is 20.1 Å². The number of fused-ring (bicyclic) bond motifs is 1. The molecule has 5 nitrogen and oxygen atoms in total. The first-order valence-electron chi connectivity index (χ1n) is 10.2. The summed E-state index contributed by atoms with van der Waals surface area (Å²) in [5, 5.41) is 0. The zero-order valence-corrected chi connectivity index (χ0v) is 16.4. The summed E-state index contributed by atoms with van der Waals surface area (Å²) >= 11 is 0. The fourth-order valence-electron chi connectivity index (χ4n) is 4.55. The van der Waals surface area contributed by atoms with E-state index in [1.54, 1.807) is 18.3 Å². The summed E-state index contributed by atoms with van der Waals surface area (Å²) in [6, 6.07) is 14.0. The zero-order chi connectivity index (χ0) is 19.5. The molecule has 5 heteroatoms. The smallest absolute Gasteiger partial charge is 0.272 e. The van der Waals surface area contributed by atoms with E-state index in [-0.39, 0.29) is 23.8 Å². The molecule has 2 amide bonds. The number of rotatable bonds is 3. The van der Waals surface area contributed by atoms with Gasteiger partial charge in [-0.1, -0.05) is 30.3 Å². The van der Waals surface area contributed by atoms with Crippen molar-refractivity contribution in [1.82, 2.24) is 14.8 Å². The Morgan fingerprint density at radius 1 is 1.04 bits per heavy atom. The van der Waals surface area contributed by atoms with Crippen molar-refractivity contribution in [2.24, 2.45) is 5.92 Å². The first kappa shape index (κ1) is 18.7. The third-order valence-electron chi connectivity index (χ3n) is 6.17. The van der Waals surface area contributed by atoms with Crippen molar-refractivity contribution in [2.45, 2.75) is 38.1 Å². The Kier molecular flexibility index (Phi) is 5.42. The topological polar surface area (TPSA) is 53.5 Å². The average Bonchev–Trinajstić information content (AvgIpc) is 2.78. The van der Waals surface area contributed by atoms with Gasteiger partial charge in [0.2, 0.25) is 5.91 Å². The molecular weight excluding hydrogens is 350 g/mol. The summed E-state index contributed by atoms with van der Waals surface area (Å²) in [5.74, 6) is 0.166. The van der Waals surface area contributed by atoms with E-state index in [9.17, 15) is 9.59 Å². The molecule has 1 aliphatic heterocycles. The first-order chi connectivity index (χ1) is 13.6. The lowest BCUT2D eigenvalue weighted by Crippen LogP contribution is -2.44. The minimum Gasteiger partial charge on any atom is -0.338 e. The predicted molar refractivity (Wildman–Crippen MR) is 108 cm³/mol. The standard InChI is InChI=1S/C23H27N3O2/c1-25(21-11-6-8-17-7-2-3-9-19(17)21)22(27)18-12-15-26(16-13-18)23(28)20-10-4-5-14-24-20/h2-5,7,9-10,14,18,21H,6,8,11-13,15-16H2,1H3/t21-/m1/s1. The third kappa shape index (κ3) is 3.66. The molecule has 1 aromatic heterocycles. The summed E-state index contributed by atoms with van der Waals surface area (Å²) in [6.45, 7) is 1.22. The summed E-state index contributed by atoms with van der Waals surface area (Å²) in [6.07, 6.45) is 6.32. The maximum absolute atomic E-state index is 13.2. The quantitative estimate of drug-likeness (QED) is 0.823. The lowest BCUT2D eigenvalue weighted by molar-refractivity contribution is -0.138. The number of piperidine rings is 1. The number of hydrogen-bond acceptors (Lipinski definition) is 3. The molecule has 0 unspecified atom stereocenters. The zero-order valence-electron chi connectivity index (χ0n) is 16.4. The molecule has 1 aliphatic carbocycles. The summed E-state index contributed by atoms with van der Waals surface area (Å²) in [4.78, 5) is 33.7. The van der Waals surface area contributed by atoms with Crippen LogP contribution < -0.4 is 0 Å². The van der Waals surface area contributed by atoms with E-state index in [2.05, 4.69) is 29.2 Å². The number of aromatic nitrogens is 1. The minimum absolute atomic E-state index is 0.00753. The van der Waals surface area contributed by atoms with Gasteiger partial charge >= 0.3 is 0 Å². The van der Waals surface area contributed by atoms with E-state index < -0.39 is 0 Å². The highest BCUT2D eigenvalue weighted by Crippen LogP contribution is 2.35. The van der Waals surface area contributed by atoms with Crippen molar-refractivity contribution in [3.05, 3.63) is 65.5 Å². The Hall–Kier alpha value is -2.69. The largest absolute Gasteiger partial charge is 0.338 e. The average molecular weight is 377 g/mol. The van der Waals surface area contributed by atoms with Crippen LogP contribution in [0.1, 0.15) is 53.3 Å². The van der Waals surface area contributed by atoms with Gasteiger partial charge in [-0.15, -0.1) is 0 Å². The number of nitrogens with zero attached hydrogens (tertiary/aromatic N) is 3. The molecule has 1 saturated heterocycles. The summed E-state index contributed by atoms with van der Waals surface area (Å²) in [7, 11) is 1.94. The van der Waals surface area contributed by atoms with Crippen LogP contribution in [0.3, 0.4) is 0 Å². The Labute approximate surface area is 166 Å². The van der Waals surface area contributed by atoms with E-state index >= 15 is 0 Å². The van der Waals surface area contributed by atoms with Gasteiger partial charge in [0.25, 0.3) is 5.91 Å². The van der Waals surface area contributed by atoms with Gasteiger partial charge in [-0.25, -0.2) is 0 Å². The number of benzene rings is 1. The Balaban J connectivity index is 1.39. The van der Waals surface area contributed by atoms with Gasteiger partial charge in [0.1, 0.15) is 5.69 Å². The predicted octanol–water partition coefficient (Wildman–Crippen LogP) is 3.47. The molecule has 4 rings (SSSR count). The van der Waals surface area contributed by atoms with Crippen LogP contribution in [0.4, 0.5) is 0 Å². The lowest BCUT2D eigenvalue weighted by Gasteiger charge is -2.37. The third-order valence-corrected chi connectivity index (χ3v) is 6.17. The molecule has 146 valence electrons. The fourth-order valence-corrected chi connectivity index (χ4v) is 4.55. The van der Waals surface area contributed by atoms with Crippen LogP contribution in [-0.4, -0.2) is 46.7 Å². The second-order valence-corrected chi connectivity index (χ2v) is 7.84. The molecule has 0 N–H and O–H groups in total. The molecule has 1 fully saturated rings. The number of carbonyl (C=O) groups excluding carboxylic acids is 2. The van der Waals surface area contributed by atoms with Crippen molar-refractivity contribution in [3.63, 3.8) is 0 Å². The van der Waals surface area contributed by atoms with Crippen LogP contribution >= 0.6 is 0 Å². The molecular formula is C23H27N3O2. The van der Waals surface area contributed by atoms with Crippen LogP contribution in [0, 0.1) is 5.92 Å². The van der Waals surface area contributed by atoms with Crippen molar-refractivity contribution in [3.8, 4) is 0 Å². The van der Waals surface area contributed by atoms with E-state index in [1.165, 1.54) is 11.1 Å². The van der Waals surface area contributed by atoms with E-state index in [4.69, 9.17) is 0 Å². The molecule has 28 heavy (non-hydrogen) atoms. The monoisotopic (exact) mass is 377 g/mol. The van der Waals surface area contributed by atoms with Gasteiger partial charge in [-0.05, 0) is 55.4 Å². The van der Waals surface area contributed by atoms with Gasteiger partial charge in [-0.2, -0.15) is 0 Å². The molecule has 0 spiro atoms. The van der Waals surface area contributed by atoms with Crippen molar-refractivity contribution < 1.29 is 9.59 Å². The summed E-state index contributed by atoms with van der Waals surface area (Å²) in [5.41, 5.74) is 3.14. The number of hydrogen-bond donors (Lipinski definition) is 0. The van der Waals surface area contributed by atoms with E-state index in [1.807, 2.05) is 22.9 Å². The van der Waals surface area contributed by atoms with Crippen molar-refractivity contribution in [1.29, 1.82) is 0 Å². The second-order valence-electron chi connectivity index (χ2n) is 7.84. The Morgan fingerprint density at radius 2 is 1.79 bits per heavy atom. The number of amides is 2. The molecule has 1 atom stereocenters. The Bertz CT molecular complexity index is 844. The summed E-state index contributed by atoms with van der Waals surface area (Å²) < 4.78 is 0. The van der Waals surface area contributed by atoms with Crippen LogP contribution in [-0.2, 0) is 11.2 Å². The highest BCUT2D eigenvalue weighted by atomic mass is 16.2. The van der Waals surface area contributed by atoms with Gasteiger partial charge in [-0.3, -0.25) is 14.6 Å². The normalized spacial score (nSPS) is 19.8. The number of carbonyl (C=O) groups is 2. The van der Waals surface area contributed by atoms with Crippen LogP contribution in [0.5, 0.6) is 0 Å². The van der Waals surface area contributed by atoms with E-state index in [0.717, 1.165) is 32.1 Å². The van der Waals surface area contributed by atoms with Crippen molar-refractivity contribution >= 4 is 11.8 Å². The van der Waals surface area contributed by atoms with Gasteiger partial charge in [0.15, 0.2) is 0 Å². The Morgan fingerprint density at radius 3 is 2.54 bits per heavy atom. The number of likely N-dealkylation sites (tertiary alicyclic amines) is 1. The van der Waals surface area contributed by atoms with Gasteiger partial charge in [0.05, 0.1) is 6.04 Å². The minimum atomic E-state index is -0.0407. The van der Waals surface area contributed by atoms with Crippen LogP contribution in [0.15, 0.2) is 48.7 Å². The maximum atomic E-state index is 13.2. The molecule has 1 aromatic carbocycles. The van der Waals surface area contributed by atoms with E-state index in [0.29, 0.717) is 18.8 Å². The van der Waals surface area contributed by atoms with Crippen LogP contribution in [0.25, 0.3) is 0 Å². The highest BCUT2D eigenvalue weighted by Gasteiger charge is 2.33. The molecule has 2 aromatic rings.